The van der Waals surface area contributed by atoms with Gasteiger partial charge in [0.05, 0.1) is 0 Å². The van der Waals surface area contributed by atoms with Crippen LogP contribution in [0.25, 0.3) is 6.08 Å². The van der Waals surface area contributed by atoms with E-state index in [1.165, 1.54) is 6.08 Å². The molecule has 0 radical (unpaired) electrons. The van der Waals surface area contributed by atoms with E-state index in [1.54, 1.807) is 6.08 Å². The Balaban J connectivity index is 2.07. The summed E-state index contributed by atoms with van der Waals surface area (Å²) >= 11 is 0. The molecule has 132 valence electrons. The molecule has 0 aromatic heterocycles. The standard InChI is InChI=1S/C22H20O4/c1-17(22(25)26-16-19-10-6-3-7-11-19)20(14-15-21(23)24)13-12-18-8-4-2-5-9-18/h2-15,20H,1,16H2,(H,23,24). The van der Waals surface area contributed by atoms with Crippen molar-refractivity contribution < 1.29 is 19.4 Å². The van der Waals surface area contributed by atoms with Gasteiger partial charge in [0, 0.05) is 17.6 Å². The fourth-order valence-electron chi connectivity index (χ4n) is 2.21. The fraction of sp³-hybridized carbons (Fsp3) is 0.0909. The summed E-state index contributed by atoms with van der Waals surface area (Å²) in [5, 5.41) is 8.86. The molecule has 0 aliphatic carbocycles. The molecule has 1 atom stereocenters. The topological polar surface area (TPSA) is 63.6 Å². The molecular formula is C22H20O4. The Hall–Kier alpha value is -3.40. The van der Waals surface area contributed by atoms with Crippen molar-refractivity contribution in [1.29, 1.82) is 0 Å². The molecule has 0 heterocycles. The Morgan fingerprint density at radius 1 is 1.00 bits per heavy atom. The van der Waals surface area contributed by atoms with Crippen molar-refractivity contribution in [2.24, 2.45) is 5.92 Å². The molecule has 0 spiro atoms. The number of ether oxygens (including phenoxy) is 1. The average Bonchev–Trinajstić information content (AvgIpc) is 2.67. The van der Waals surface area contributed by atoms with E-state index in [2.05, 4.69) is 6.58 Å². The zero-order valence-corrected chi connectivity index (χ0v) is 14.2. The molecule has 26 heavy (non-hydrogen) atoms. The lowest BCUT2D eigenvalue weighted by atomic mass is 9.98. The summed E-state index contributed by atoms with van der Waals surface area (Å²) in [6, 6.07) is 18.8. The Bertz CT molecular complexity index is 805. The van der Waals surface area contributed by atoms with Crippen molar-refractivity contribution in [1.82, 2.24) is 0 Å². The van der Waals surface area contributed by atoms with Gasteiger partial charge in [-0.05, 0) is 11.1 Å². The quantitative estimate of drug-likeness (QED) is 0.572. The van der Waals surface area contributed by atoms with Gasteiger partial charge in [0.1, 0.15) is 6.61 Å². The van der Waals surface area contributed by atoms with E-state index >= 15 is 0 Å². The first-order valence-electron chi connectivity index (χ1n) is 8.10. The van der Waals surface area contributed by atoms with Gasteiger partial charge in [0.25, 0.3) is 0 Å². The van der Waals surface area contributed by atoms with Crippen LogP contribution in [0, 0.1) is 5.92 Å². The van der Waals surface area contributed by atoms with Gasteiger partial charge in [-0.1, -0.05) is 85.5 Å². The monoisotopic (exact) mass is 348 g/mol. The number of hydrogen-bond acceptors (Lipinski definition) is 3. The summed E-state index contributed by atoms with van der Waals surface area (Å²) in [5.74, 6) is -2.23. The summed E-state index contributed by atoms with van der Waals surface area (Å²) in [6.07, 6.45) is 5.94. The van der Waals surface area contributed by atoms with Crippen molar-refractivity contribution in [3.05, 3.63) is 102 Å². The van der Waals surface area contributed by atoms with Gasteiger partial charge in [-0.3, -0.25) is 0 Å². The number of rotatable bonds is 8. The second-order valence-corrected chi connectivity index (χ2v) is 5.58. The molecule has 0 fully saturated rings. The van der Waals surface area contributed by atoms with Gasteiger partial charge >= 0.3 is 11.9 Å². The van der Waals surface area contributed by atoms with Crippen molar-refractivity contribution in [3.63, 3.8) is 0 Å². The number of carbonyl (C=O) groups is 2. The van der Waals surface area contributed by atoms with Gasteiger partial charge in [-0.25, -0.2) is 9.59 Å². The van der Waals surface area contributed by atoms with Crippen molar-refractivity contribution in [2.45, 2.75) is 6.61 Å². The maximum atomic E-state index is 12.3. The van der Waals surface area contributed by atoms with Crippen LogP contribution in [0.15, 0.2) is 91.0 Å². The van der Waals surface area contributed by atoms with Crippen molar-refractivity contribution >= 4 is 18.0 Å². The van der Waals surface area contributed by atoms with Crippen LogP contribution in [-0.4, -0.2) is 17.0 Å². The van der Waals surface area contributed by atoms with Crippen molar-refractivity contribution in [2.75, 3.05) is 0 Å². The Kier molecular flexibility index (Phi) is 7.13. The number of esters is 1. The SMILES string of the molecule is C=C(C(=O)OCc1ccccc1)C(C=CC(=O)O)C=Cc1ccccc1. The third kappa shape index (κ3) is 6.24. The zero-order valence-electron chi connectivity index (χ0n) is 14.2. The molecule has 1 unspecified atom stereocenters. The van der Waals surface area contributed by atoms with Crippen LogP contribution < -0.4 is 0 Å². The van der Waals surface area contributed by atoms with Crippen LogP contribution in [-0.2, 0) is 20.9 Å². The highest BCUT2D eigenvalue weighted by atomic mass is 16.5. The third-order valence-corrected chi connectivity index (χ3v) is 3.62. The second-order valence-electron chi connectivity index (χ2n) is 5.58. The number of hydrogen-bond donors (Lipinski definition) is 1. The number of carboxylic acid groups (broad SMARTS) is 1. The smallest absolute Gasteiger partial charge is 0.334 e. The first-order chi connectivity index (χ1) is 12.6. The molecular weight excluding hydrogens is 328 g/mol. The molecule has 0 saturated heterocycles. The molecule has 0 aliphatic heterocycles. The van der Waals surface area contributed by atoms with Crippen LogP contribution in [0.1, 0.15) is 11.1 Å². The molecule has 2 aromatic rings. The molecule has 4 nitrogen and oxygen atoms in total. The normalized spacial score (nSPS) is 12.2. The van der Waals surface area contributed by atoms with Gasteiger partial charge in [-0.2, -0.15) is 0 Å². The number of carbonyl (C=O) groups excluding carboxylic acids is 1. The van der Waals surface area contributed by atoms with Crippen LogP contribution in [0.3, 0.4) is 0 Å². The van der Waals surface area contributed by atoms with E-state index in [-0.39, 0.29) is 12.2 Å². The Morgan fingerprint density at radius 3 is 2.23 bits per heavy atom. The lowest BCUT2D eigenvalue weighted by Crippen LogP contribution is -2.13. The number of allylic oxidation sites excluding steroid dienone is 2. The first kappa shape index (κ1) is 18.9. The van der Waals surface area contributed by atoms with E-state index in [1.807, 2.05) is 66.7 Å². The maximum absolute atomic E-state index is 12.3. The summed E-state index contributed by atoms with van der Waals surface area (Å²) in [6.45, 7) is 3.92. The molecule has 0 bridgehead atoms. The van der Waals surface area contributed by atoms with Crippen LogP contribution in [0.2, 0.25) is 0 Å². The van der Waals surface area contributed by atoms with Crippen molar-refractivity contribution in [3.8, 4) is 0 Å². The number of aliphatic carboxylic acids is 1. The predicted molar refractivity (Wildman–Crippen MR) is 101 cm³/mol. The summed E-state index contributed by atoms with van der Waals surface area (Å²) in [7, 11) is 0. The highest BCUT2D eigenvalue weighted by Gasteiger charge is 2.16. The molecule has 2 rings (SSSR count). The molecule has 1 N–H and O–H groups in total. The van der Waals surface area contributed by atoms with Gasteiger partial charge in [0.15, 0.2) is 0 Å². The highest BCUT2D eigenvalue weighted by Crippen LogP contribution is 2.17. The molecule has 0 amide bonds. The van der Waals surface area contributed by atoms with Crippen LogP contribution in [0.4, 0.5) is 0 Å². The minimum atomic E-state index is -1.09. The summed E-state index contributed by atoms with van der Waals surface area (Å²) in [4.78, 5) is 23.1. The molecule has 2 aromatic carbocycles. The second kappa shape index (κ2) is 9.79. The highest BCUT2D eigenvalue weighted by molar-refractivity contribution is 5.90. The lowest BCUT2D eigenvalue weighted by molar-refractivity contribution is -0.140. The molecule has 4 heteroatoms. The van der Waals surface area contributed by atoms with E-state index < -0.39 is 17.9 Å². The fourth-order valence-corrected chi connectivity index (χ4v) is 2.21. The van der Waals surface area contributed by atoms with Gasteiger partial charge in [0.2, 0.25) is 0 Å². The minimum absolute atomic E-state index is 0.135. The number of benzene rings is 2. The maximum Gasteiger partial charge on any atom is 0.334 e. The Morgan fingerprint density at radius 2 is 1.62 bits per heavy atom. The zero-order chi connectivity index (χ0) is 18.8. The van der Waals surface area contributed by atoms with E-state index in [4.69, 9.17) is 9.84 Å². The van der Waals surface area contributed by atoms with Gasteiger partial charge < -0.3 is 9.84 Å². The third-order valence-electron chi connectivity index (χ3n) is 3.62. The van der Waals surface area contributed by atoms with E-state index in [9.17, 15) is 9.59 Å². The molecule has 0 saturated carbocycles. The van der Waals surface area contributed by atoms with E-state index in [0.717, 1.165) is 17.2 Å². The minimum Gasteiger partial charge on any atom is -0.478 e. The average molecular weight is 348 g/mol. The predicted octanol–water partition coefficient (Wildman–Crippen LogP) is 4.26. The summed E-state index contributed by atoms with van der Waals surface area (Å²) < 4.78 is 5.28. The van der Waals surface area contributed by atoms with Crippen LogP contribution in [0.5, 0.6) is 0 Å². The molecule has 0 aliphatic rings. The van der Waals surface area contributed by atoms with Gasteiger partial charge in [-0.15, -0.1) is 0 Å². The Labute approximate surface area is 152 Å². The van der Waals surface area contributed by atoms with E-state index in [0.29, 0.717) is 0 Å². The summed E-state index contributed by atoms with van der Waals surface area (Å²) in [5.41, 5.74) is 1.98. The lowest BCUT2D eigenvalue weighted by Gasteiger charge is -2.12. The first-order valence-corrected chi connectivity index (χ1v) is 8.10. The number of carboxylic acids is 1. The van der Waals surface area contributed by atoms with Crippen LogP contribution >= 0.6 is 0 Å². The largest absolute Gasteiger partial charge is 0.478 e.